The van der Waals surface area contributed by atoms with Crippen LogP contribution in [0.1, 0.15) is 33.1 Å². The molecule has 10 N–H and O–H groups in total. The molecule has 170 valence electrons. The lowest BCUT2D eigenvalue weighted by atomic mass is 10.1. The Bertz CT molecular complexity index is 680. The van der Waals surface area contributed by atoms with Crippen LogP contribution in [0.25, 0.3) is 0 Å². The molecule has 0 heterocycles. The van der Waals surface area contributed by atoms with Crippen molar-refractivity contribution in [2.24, 2.45) is 11.5 Å². The third-order valence-corrected chi connectivity index (χ3v) is 3.78. The highest BCUT2D eigenvalue weighted by Gasteiger charge is 2.33. The summed E-state index contributed by atoms with van der Waals surface area (Å²) in [5.74, 6) is -6.72. The quantitative estimate of drug-likeness (QED) is 0.140. The largest absolute Gasteiger partial charge is 0.481 e. The summed E-state index contributed by atoms with van der Waals surface area (Å²) in [4.78, 5) is 69.5. The number of carbonyl (C=O) groups is 6. The van der Waals surface area contributed by atoms with Crippen molar-refractivity contribution in [1.82, 2.24) is 16.0 Å². The highest BCUT2D eigenvalue weighted by Crippen LogP contribution is 2.03. The Morgan fingerprint density at radius 3 is 1.80 bits per heavy atom. The first-order valence-electron chi connectivity index (χ1n) is 8.83. The second-order valence-corrected chi connectivity index (χ2v) is 6.58. The Hall–Kier alpha value is -3.26. The fourth-order valence-corrected chi connectivity index (χ4v) is 2.16. The summed E-state index contributed by atoms with van der Waals surface area (Å²) in [7, 11) is 0. The molecule has 0 aliphatic carbocycles. The van der Waals surface area contributed by atoms with Crippen molar-refractivity contribution >= 4 is 35.6 Å². The fourth-order valence-electron chi connectivity index (χ4n) is 2.16. The smallest absolute Gasteiger partial charge is 0.326 e. The van der Waals surface area contributed by atoms with Gasteiger partial charge in [0.25, 0.3) is 0 Å². The van der Waals surface area contributed by atoms with Crippen molar-refractivity contribution < 1.29 is 44.1 Å². The number of aliphatic carboxylic acids is 2. The SMILES string of the molecule is CC(N)C(=O)NC(CCC(=O)O)C(=O)NC(C(=O)NC(CC(N)=O)C(=O)O)C(C)O. The minimum atomic E-state index is -1.70. The van der Waals surface area contributed by atoms with Gasteiger partial charge in [-0.25, -0.2) is 4.79 Å². The van der Waals surface area contributed by atoms with Crippen LogP contribution in [0, 0.1) is 0 Å². The Morgan fingerprint density at radius 2 is 1.40 bits per heavy atom. The van der Waals surface area contributed by atoms with Crippen LogP contribution in [0.3, 0.4) is 0 Å². The van der Waals surface area contributed by atoms with E-state index in [0.717, 1.165) is 6.92 Å². The second-order valence-electron chi connectivity index (χ2n) is 6.58. The minimum Gasteiger partial charge on any atom is -0.481 e. The number of carbonyl (C=O) groups excluding carboxylic acids is 4. The molecule has 0 bridgehead atoms. The maximum absolute atomic E-state index is 12.5. The number of aliphatic hydroxyl groups is 1. The molecule has 0 aliphatic heterocycles. The lowest BCUT2D eigenvalue weighted by molar-refractivity contribution is -0.144. The molecule has 0 rings (SSSR count). The molecule has 0 radical (unpaired) electrons. The molecule has 14 heteroatoms. The molecular weight excluding hydrogens is 406 g/mol. The number of hydrogen-bond acceptors (Lipinski definition) is 8. The summed E-state index contributed by atoms with van der Waals surface area (Å²) in [5, 5.41) is 34.0. The van der Waals surface area contributed by atoms with Gasteiger partial charge in [0.15, 0.2) is 0 Å². The third kappa shape index (κ3) is 9.79. The van der Waals surface area contributed by atoms with Crippen molar-refractivity contribution in [3.05, 3.63) is 0 Å². The third-order valence-electron chi connectivity index (χ3n) is 3.78. The molecule has 0 saturated carbocycles. The lowest BCUT2D eigenvalue weighted by Gasteiger charge is -2.26. The summed E-state index contributed by atoms with van der Waals surface area (Å²) < 4.78 is 0. The van der Waals surface area contributed by atoms with Crippen LogP contribution in [-0.2, 0) is 28.8 Å². The number of hydrogen-bond donors (Lipinski definition) is 8. The van der Waals surface area contributed by atoms with E-state index < -0.39 is 78.7 Å². The standard InChI is InChI=1S/C16H27N5O9/c1-6(17)13(26)19-8(3-4-11(24)25)14(27)21-12(7(2)22)15(28)20-9(16(29)30)5-10(18)23/h6-9,12,22H,3-5,17H2,1-2H3,(H2,18,23)(H,19,26)(H,20,28)(H,21,27)(H,24,25)(H,29,30). The molecule has 0 spiro atoms. The van der Waals surface area contributed by atoms with Gasteiger partial charge < -0.3 is 42.7 Å². The van der Waals surface area contributed by atoms with Gasteiger partial charge in [0.05, 0.1) is 18.6 Å². The highest BCUT2D eigenvalue weighted by atomic mass is 16.4. The maximum atomic E-state index is 12.5. The van der Waals surface area contributed by atoms with E-state index >= 15 is 0 Å². The number of carboxylic acids is 2. The Labute approximate surface area is 171 Å². The van der Waals surface area contributed by atoms with Crippen LogP contribution in [-0.4, -0.2) is 81.2 Å². The Balaban J connectivity index is 5.40. The van der Waals surface area contributed by atoms with E-state index in [2.05, 4.69) is 10.6 Å². The van der Waals surface area contributed by atoms with E-state index in [1.54, 1.807) is 0 Å². The lowest BCUT2D eigenvalue weighted by Crippen LogP contribution is -2.60. The summed E-state index contributed by atoms with van der Waals surface area (Å²) in [6.07, 6.45) is -3.08. The first-order valence-corrected chi connectivity index (χ1v) is 8.83. The number of rotatable bonds is 13. The molecule has 14 nitrogen and oxygen atoms in total. The molecule has 0 aromatic carbocycles. The monoisotopic (exact) mass is 433 g/mol. The van der Waals surface area contributed by atoms with E-state index in [1.165, 1.54) is 6.92 Å². The average Bonchev–Trinajstić information content (AvgIpc) is 2.60. The minimum absolute atomic E-state index is 0.340. The predicted octanol–water partition coefficient (Wildman–Crippen LogP) is -4.01. The number of aliphatic hydroxyl groups excluding tert-OH is 1. The van der Waals surface area contributed by atoms with Gasteiger partial charge in [0, 0.05) is 6.42 Å². The summed E-state index contributed by atoms with van der Waals surface area (Å²) in [6.45, 7) is 2.46. The molecule has 0 fully saturated rings. The topological polar surface area (TPSA) is 251 Å². The number of nitrogens with one attached hydrogen (secondary N) is 3. The van der Waals surface area contributed by atoms with Gasteiger partial charge in [-0.15, -0.1) is 0 Å². The van der Waals surface area contributed by atoms with Crippen molar-refractivity contribution in [2.75, 3.05) is 0 Å². The van der Waals surface area contributed by atoms with Crippen LogP contribution in [0.4, 0.5) is 0 Å². The predicted molar refractivity (Wildman–Crippen MR) is 99.4 cm³/mol. The summed E-state index contributed by atoms with van der Waals surface area (Å²) >= 11 is 0. The van der Waals surface area contributed by atoms with E-state index in [-0.39, 0.29) is 6.42 Å². The first kappa shape index (κ1) is 26.7. The van der Waals surface area contributed by atoms with Crippen molar-refractivity contribution in [3.63, 3.8) is 0 Å². The van der Waals surface area contributed by atoms with Crippen molar-refractivity contribution in [3.8, 4) is 0 Å². The van der Waals surface area contributed by atoms with Gasteiger partial charge in [0.2, 0.25) is 23.6 Å². The van der Waals surface area contributed by atoms with Crippen LogP contribution < -0.4 is 27.4 Å². The summed E-state index contributed by atoms with van der Waals surface area (Å²) in [6, 6.07) is -5.78. The number of nitrogens with two attached hydrogens (primary N) is 2. The molecule has 0 aromatic heterocycles. The van der Waals surface area contributed by atoms with E-state index in [1.807, 2.05) is 5.32 Å². The second kappa shape index (κ2) is 12.3. The zero-order valence-electron chi connectivity index (χ0n) is 16.5. The van der Waals surface area contributed by atoms with Gasteiger partial charge in [0.1, 0.15) is 18.1 Å². The normalized spacial score (nSPS) is 15.6. The molecule has 0 aliphatic rings. The highest BCUT2D eigenvalue weighted by molar-refractivity contribution is 5.95. The van der Waals surface area contributed by atoms with E-state index in [4.69, 9.17) is 21.7 Å². The van der Waals surface area contributed by atoms with E-state index in [9.17, 15) is 33.9 Å². The molecule has 4 amide bonds. The van der Waals surface area contributed by atoms with Crippen molar-refractivity contribution in [1.29, 1.82) is 0 Å². The number of amides is 4. The van der Waals surface area contributed by atoms with Gasteiger partial charge in [-0.3, -0.25) is 24.0 Å². The maximum Gasteiger partial charge on any atom is 0.326 e. The zero-order valence-corrected chi connectivity index (χ0v) is 16.5. The van der Waals surface area contributed by atoms with Gasteiger partial charge in [-0.1, -0.05) is 0 Å². The Kier molecular flexibility index (Phi) is 11.0. The zero-order chi connectivity index (χ0) is 23.6. The number of carboxylic acid groups (broad SMARTS) is 2. The van der Waals surface area contributed by atoms with E-state index in [0.29, 0.717) is 0 Å². The molecule has 30 heavy (non-hydrogen) atoms. The van der Waals surface area contributed by atoms with Crippen LogP contribution >= 0.6 is 0 Å². The van der Waals surface area contributed by atoms with Gasteiger partial charge >= 0.3 is 11.9 Å². The molecular formula is C16H27N5O9. The molecule has 0 aromatic rings. The van der Waals surface area contributed by atoms with Gasteiger partial charge in [-0.05, 0) is 20.3 Å². The number of primary amides is 1. The Morgan fingerprint density at radius 1 is 0.867 bits per heavy atom. The van der Waals surface area contributed by atoms with Crippen molar-refractivity contribution in [2.45, 2.75) is 63.4 Å². The van der Waals surface area contributed by atoms with Crippen LogP contribution in [0.2, 0.25) is 0 Å². The van der Waals surface area contributed by atoms with Crippen LogP contribution in [0.5, 0.6) is 0 Å². The molecule has 0 saturated heterocycles. The first-order chi connectivity index (χ1) is 13.8. The summed E-state index contributed by atoms with van der Waals surface area (Å²) in [5.41, 5.74) is 10.3. The van der Waals surface area contributed by atoms with Crippen LogP contribution in [0.15, 0.2) is 0 Å². The average molecular weight is 433 g/mol. The molecule has 5 atom stereocenters. The van der Waals surface area contributed by atoms with Gasteiger partial charge in [-0.2, -0.15) is 0 Å². The fraction of sp³-hybridized carbons (Fsp3) is 0.625. The molecule has 5 unspecified atom stereocenters.